The van der Waals surface area contributed by atoms with E-state index in [9.17, 15) is 4.79 Å². The van der Waals surface area contributed by atoms with Gasteiger partial charge in [0.1, 0.15) is 0 Å². The van der Waals surface area contributed by atoms with Crippen LogP contribution in [-0.4, -0.2) is 47.5 Å². The standard InChI is InChI=1S/C14H26N2OS/c1-11-9-16(10-12(2)18-11)14(17)4-3-13-5-7-15-8-6-13/h11-13,15H,3-10H2,1-2H3. The number of carbonyl (C=O) groups excluding carboxylic acids is 1. The lowest BCUT2D eigenvalue weighted by molar-refractivity contribution is -0.131. The predicted molar refractivity (Wildman–Crippen MR) is 77.9 cm³/mol. The molecule has 3 nitrogen and oxygen atoms in total. The van der Waals surface area contributed by atoms with E-state index in [1.807, 2.05) is 11.8 Å². The largest absolute Gasteiger partial charge is 0.341 e. The first kappa shape index (κ1) is 14.2. The van der Waals surface area contributed by atoms with E-state index in [1.165, 1.54) is 12.8 Å². The van der Waals surface area contributed by atoms with Gasteiger partial charge >= 0.3 is 0 Å². The van der Waals surface area contributed by atoms with Gasteiger partial charge in [-0.05, 0) is 38.3 Å². The number of nitrogens with zero attached hydrogens (tertiary/aromatic N) is 1. The molecule has 2 aliphatic rings. The van der Waals surface area contributed by atoms with Crippen molar-refractivity contribution in [2.45, 2.75) is 50.0 Å². The molecule has 2 fully saturated rings. The molecule has 2 aliphatic heterocycles. The Balaban J connectivity index is 1.73. The van der Waals surface area contributed by atoms with Crippen molar-refractivity contribution in [3.8, 4) is 0 Å². The van der Waals surface area contributed by atoms with Crippen LogP contribution in [0.2, 0.25) is 0 Å². The fourth-order valence-electron chi connectivity index (χ4n) is 3.04. The van der Waals surface area contributed by atoms with E-state index in [1.54, 1.807) is 0 Å². The summed E-state index contributed by atoms with van der Waals surface area (Å²) < 4.78 is 0. The minimum Gasteiger partial charge on any atom is -0.341 e. The van der Waals surface area contributed by atoms with Crippen molar-refractivity contribution in [1.29, 1.82) is 0 Å². The van der Waals surface area contributed by atoms with E-state index < -0.39 is 0 Å². The molecule has 2 atom stereocenters. The summed E-state index contributed by atoms with van der Waals surface area (Å²) >= 11 is 2.01. The number of hydrogen-bond donors (Lipinski definition) is 1. The molecule has 2 heterocycles. The van der Waals surface area contributed by atoms with Crippen LogP contribution < -0.4 is 5.32 Å². The molecule has 18 heavy (non-hydrogen) atoms. The number of carbonyl (C=O) groups is 1. The highest BCUT2D eigenvalue weighted by molar-refractivity contribution is 8.00. The van der Waals surface area contributed by atoms with Crippen molar-refractivity contribution in [3.05, 3.63) is 0 Å². The number of piperidine rings is 1. The molecule has 2 unspecified atom stereocenters. The SMILES string of the molecule is CC1CN(C(=O)CCC2CCNCC2)CC(C)S1. The maximum absolute atomic E-state index is 12.2. The van der Waals surface area contributed by atoms with Crippen LogP contribution >= 0.6 is 11.8 Å². The summed E-state index contributed by atoms with van der Waals surface area (Å²) in [5.74, 6) is 1.15. The maximum Gasteiger partial charge on any atom is 0.222 e. The van der Waals surface area contributed by atoms with Gasteiger partial charge in [0.25, 0.3) is 0 Å². The van der Waals surface area contributed by atoms with E-state index in [4.69, 9.17) is 0 Å². The second-order valence-corrected chi connectivity index (χ2v) is 7.67. The Bertz CT molecular complexity index is 269. The van der Waals surface area contributed by atoms with Crippen molar-refractivity contribution in [2.75, 3.05) is 26.2 Å². The third kappa shape index (κ3) is 4.16. The molecule has 1 N–H and O–H groups in total. The molecule has 0 spiro atoms. The highest BCUT2D eigenvalue weighted by atomic mass is 32.2. The molecule has 104 valence electrons. The van der Waals surface area contributed by atoms with Crippen molar-refractivity contribution in [3.63, 3.8) is 0 Å². The molecule has 2 rings (SSSR count). The van der Waals surface area contributed by atoms with E-state index in [-0.39, 0.29) is 0 Å². The van der Waals surface area contributed by atoms with E-state index in [0.717, 1.165) is 44.9 Å². The Morgan fingerprint density at radius 2 is 1.83 bits per heavy atom. The third-order valence-corrected chi connectivity index (χ3v) is 5.22. The summed E-state index contributed by atoms with van der Waals surface area (Å²) in [5, 5.41) is 4.57. The fraction of sp³-hybridized carbons (Fsp3) is 0.929. The Morgan fingerprint density at radius 1 is 1.22 bits per heavy atom. The zero-order chi connectivity index (χ0) is 13.0. The maximum atomic E-state index is 12.2. The van der Waals surface area contributed by atoms with Crippen LogP contribution in [-0.2, 0) is 4.79 Å². The Hall–Kier alpha value is -0.220. The van der Waals surface area contributed by atoms with E-state index in [0.29, 0.717) is 16.4 Å². The number of thioether (sulfide) groups is 1. The highest BCUT2D eigenvalue weighted by Crippen LogP contribution is 2.26. The molecule has 0 saturated carbocycles. The van der Waals surface area contributed by atoms with Crippen LogP contribution in [0.5, 0.6) is 0 Å². The monoisotopic (exact) mass is 270 g/mol. The lowest BCUT2D eigenvalue weighted by Gasteiger charge is -2.35. The first-order chi connectivity index (χ1) is 8.65. The van der Waals surface area contributed by atoms with Gasteiger partial charge in [-0.2, -0.15) is 11.8 Å². The quantitative estimate of drug-likeness (QED) is 0.852. The summed E-state index contributed by atoms with van der Waals surface area (Å²) in [5.41, 5.74) is 0. The van der Waals surface area contributed by atoms with Crippen molar-refractivity contribution in [2.24, 2.45) is 5.92 Å². The fourth-order valence-corrected chi connectivity index (χ4v) is 4.36. The second kappa shape index (κ2) is 6.80. The van der Waals surface area contributed by atoms with Crippen molar-refractivity contribution >= 4 is 17.7 Å². The third-order valence-electron chi connectivity index (χ3n) is 4.00. The molecule has 0 aromatic rings. The topological polar surface area (TPSA) is 32.3 Å². The summed E-state index contributed by atoms with van der Waals surface area (Å²) in [4.78, 5) is 14.3. The Morgan fingerprint density at radius 3 is 2.44 bits per heavy atom. The summed E-state index contributed by atoms with van der Waals surface area (Å²) in [7, 11) is 0. The predicted octanol–water partition coefficient (Wildman–Crippen LogP) is 2.12. The highest BCUT2D eigenvalue weighted by Gasteiger charge is 2.26. The normalized spacial score (nSPS) is 30.4. The molecular weight excluding hydrogens is 244 g/mol. The number of nitrogens with one attached hydrogen (secondary N) is 1. The zero-order valence-electron chi connectivity index (χ0n) is 11.7. The minimum absolute atomic E-state index is 0.382. The van der Waals surface area contributed by atoms with Gasteiger partial charge in [-0.25, -0.2) is 0 Å². The second-order valence-electron chi connectivity index (χ2n) is 5.79. The molecule has 0 radical (unpaired) electrons. The van der Waals surface area contributed by atoms with Gasteiger partial charge in [-0.1, -0.05) is 13.8 Å². The molecule has 1 amide bonds. The minimum atomic E-state index is 0.382. The van der Waals surface area contributed by atoms with Gasteiger partial charge in [0.15, 0.2) is 0 Å². The van der Waals surface area contributed by atoms with Crippen LogP contribution in [0.3, 0.4) is 0 Å². The first-order valence-corrected chi connectivity index (χ1v) is 8.23. The number of amides is 1. The van der Waals surface area contributed by atoms with Crippen LogP contribution in [0.4, 0.5) is 0 Å². The number of rotatable bonds is 3. The number of hydrogen-bond acceptors (Lipinski definition) is 3. The van der Waals surface area contributed by atoms with Gasteiger partial charge in [0.2, 0.25) is 5.91 Å². The van der Waals surface area contributed by atoms with E-state index in [2.05, 4.69) is 24.1 Å². The van der Waals surface area contributed by atoms with Gasteiger partial charge in [-0.15, -0.1) is 0 Å². The van der Waals surface area contributed by atoms with Crippen LogP contribution in [0.1, 0.15) is 39.5 Å². The van der Waals surface area contributed by atoms with Crippen LogP contribution in [0.25, 0.3) is 0 Å². The van der Waals surface area contributed by atoms with Crippen LogP contribution in [0.15, 0.2) is 0 Å². The smallest absolute Gasteiger partial charge is 0.222 e. The average Bonchev–Trinajstić information content (AvgIpc) is 2.36. The molecule has 0 aromatic heterocycles. The van der Waals surface area contributed by atoms with Crippen molar-refractivity contribution < 1.29 is 4.79 Å². The van der Waals surface area contributed by atoms with Crippen molar-refractivity contribution in [1.82, 2.24) is 10.2 Å². The molecule has 4 heteroatoms. The molecule has 0 bridgehead atoms. The van der Waals surface area contributed by atoms with Gasteiger partial charge in [0, 0.05) is 30.0 Å². The first-order valence-electron chi connectivity index (χ1n) is 7.29. The van der Waals surface area contributed by atoms with Gasteiger partial charge in [-0.3, -0.25) is 4.79 Å². The average molecular weight is 270 g/mol. The Kier molecular flexibility index (Phi) is 5.37. The summed E-state index contributed by atoms with van der Waals surface area (Å²) in [6, 6.07) is 0. The zero-order valence-corrected chi connectivity index (χ0v) is 12.5. The molecule has 2 saturated heterocycles. The summed E-state index contributed by atoms with van der Waals surface area (Å²) in [6.07, 6.45) is 4.34. The molecule has 0 aromatic carbocycles. The molecular formula is C14H26N2OS. The summed E-state index contributed by atoms with van der Waals surface area (Å²) in [6.45, 7) is 8.61. The lowest BCUT2D eigenvalue weighted by atomic mass is 9.93. The van der Waals surface area contributed by atoms with Crippen LogP contribution in [0, 0.1) is 5.92 Å². The molecule has 0 aliphatic carbocycles. The Labute approximate surface area is 115 Å². The van der Waals surface area contributed by atoms with Gasteiger partial charge < -0.3 is 10.2 Å². The van der Waals surface area contributed by atoms with Gasteiger partial charge in [0.05, 0.1) is 0 Å². The van der Waals surface area contributed by atoms with E-state index >= 15 is 0 Å². The lowest BCUT2D eigenvalue weighted by Crippen LogP contribution is -2.44.